The lowest BCUT2D eigenvalue weighted by Gasteiger charge is -2.21. The van der Waals surface area contributed by atoms with Crippen LogP contribution in [0.5, 0.6) is 0 Å². The van der Waals surface area contributed by atoms with Crippen molar-refractivity contribution in [1.82, 2.24) is 10.3 Å². The quantitative estimate of drug-likeness (QED) is 0.782. The molecule has 0 aromatic carbocycles. The molecule has 0 radical (unpaired) electrons. The van der Waals surface area contributed by atoms with Gasteiger partial charge in [0.05, 0.1) is 6.61 Å². The first-order valence-corrected chi connectivity index (χ1v) is 6.56. The number of nitrogens with one attached hydrogen (secondary N) is 1. The number of anilines is 1. The summed E-state index contributed by atoms with van der Waals surface area (Å²) < 4.78 is 6.36. The number of likely N-dealkylation sites (N-methyl/N-ethyl adjacent to an activating group) is 1. The van der Waals surface area contributed by atoms with Crippen molar-refractivity contribution in [3.05, 3.63) is 22.3 Å². The van der Waals surface area contributed by atoms with Crippen molar-refractivity contribution >= 4 is 21.7 Å². The van der Waals surface area contributed by atoms with Gasteiger partial charge in [0.2, 0.25) is 0 Å². The van der Waals surface area contributed by atoms with Crippen LogP contribution < -0.4 is 10.2 Å². The van der Waals surface area contributed by atoms with E-state index in [1.54, 1.807) is 0 Å². The van der Waals surface area contributed by atoms with Gasteiger partial charge in [0, 0.05) is 43.0 Å². The fourth-order valence-electron chi connectivity index (χ4n) is 1.59. The minimum atomic E-state index is 0.726. The van der Waals surface area contributed by atoms with Crippen LogP contribution in [-0.2, 0) is 11.3 Å². The summed E-state index contributed by atoms with van der Waals surface area (Å²) in [4.78, 5) is 6.58. The lowest BCUT2D eigenvalue weighted by atomic mass is 10.2. The summed E-state index contributed by atoms with van der Waals surface area (Å²) in [6.07, 6.45) is 1.83. The number of pyridine rings is 1. The first-order chi connectivity index (χ1) is 8.19. The predicted octanol–water partition coefficient (Wildman–Crippen LogP) is 2.04. The van der Waals surface area contributed by atoms with Crippen molar-refractivity contribution in [2.45, 2.75) is 13.5 Å². The third kappa shape index (κ3) is 4.61. The van der Waals surface area contributed by atoms with Crippen molar-refractivity contribution in [2.24, 2.45) is 0 Å². The molecule has 1 heterocycles. The van der Waals surface area contributed by atoms with Crippen molar-refractivity contribution in [3.8, 4) is 0 Å². The van der Waals surface area contributed by atoms with Crippen LogP contribution in [0.4, 0.5) is 5.82 Å². The van der Waals surface area contributed by atoms with Gasteiger partial charge in [-0.1, -0.05) is 0 Å². The Kier molecular flexibility index (Phi) is 6.47. The van der Waals surface area contributed by atoms with Crippen molar-refractivity contribution in [2.75, 3.05) is 38.8 Å². The van der Waals surface area contributed by atoms with E-state index in [1.165, 1.54) is 5.56 Å². The fourth-order valence-corrected chi connectivity index (χ4v) is 1.97. The smallest absolute Gasteiger partial charge is 0.132 e. The SMILES string of the molecule is CCOCCN(C)c1ncc(Br)cc1CNC. The molecule has 0 aliphatic carbocycles. The van der Waals surface area contributed by atoms with E-state index < -0.39 is 0 Å². The summed E-state index contributed by atoms with van der Waals surface area (Å²) in [7, 11) is 3.97. The second-order valence-electron chi connectivity index (χ2n) is 3.79. The van der Waals surface area contributed by atoms with Crippen molar-refractivity contribution in [1.29, 1.82) is 0 Å². The molecule has 1 aromatic rings. The number of hydrogen-bond acceptors (Lipinski definition) is 4. The zero-order valence-corrected chi connectivity index (χ0v) is 12.2. The maximum absolute atomic E-state index is 5.35. The van der Waals surface area contributed by atoms with Gasteiger partial charge in [-0.05, 0) is 36.0 Å². The fraction of sp³-hybridized carbons (Fsp3) is 0.583. The third-order valence-electron chi connectivity index (χ3n) is 2.41. The van der Waals surface area contributed by atoms with E-state index in [9.17, 15) is 0 Å². The van der Waals surface area contributed by atoms with E-state index >= 15 is 0 Å². The lowest BCUT2D eigenvalue weighted by molar-refractivity contribution is 0.154. The van der Waals surface area contributed by atoms with Crippen LogP contribution in [0.15, 0.2) is 16.7 Å². The third-order valence-corrected chi connectivity index (χ3v) is 2.85. The molecular weight excluding hydrogens is 282 g/mol. The second-order valence-corrected chi connectivity index (χ2v) is 4.70. The largest absolute Gasteiger partial charge is 0.380 e. The normalized spacial score (nSPS) is 10.6. The van der Waals surface area contributed by atoms with Gasteiger partial charge in [0.1, 0.15) is 5.82 Å². The molecule has 1 aromatic heterocycles. The van der Waals surface area contributed by atoms with Gasteiger partial charge < -0.3 is 15.0 Å². The number of rotatable bonds is 7. The molecule has 17 heavy (non-hydrogen) atoms. The maximum Gasteiger partial charge on any atom is 0.132 e. The van der Waals surface area contributed by atoms with Crippen LogP contribution in [0, 0.1) is 0 Å². The molecule has 0 unspecified atom stereocenters. The molecule has 0 bridgehead atoms. The number of ether oxygens (including phenoxy) is 1. The van der Waals surface area contributed by atoms with Gasteiger partial charge in [0.15, 0.2) is 0 Å². The zero-order valence-electron chi connectivity index (χ0n) is 10.7. The Balaban J connectivity index is 2.73. The molecule has 0 saturated carbocycles. The van der Waals surface area contributed by atoms with Crippen LogP contribution >= 0.6 is 15.9 Å². The average Bonchev–Trinajstić information content (AvgIpc) is 2.30. The molecule has 0 fully saturated rings. The molecule has 0 amide bonds. The first-order valence-electron chi connectivity index (χ1n) is 5.77. The molecule has 0 spiro atoms. The van der Waals surface area contributed by atoms with Gasteiger partial charge in [-0.2, -0.15) is 0 Å². The van der Waals surface area contributed by atoms with E-state index in [2.05, 4.69) is 37.2 Å². The van der Waals surface area contributed by atoms with Crippen molar-refractivity contribution < 1.29 is 4.74 Å². The molecular formula is C12H20BrN3O. The average molecular weight is 302 g/mol. The summed E-state index contributed by atoms with van der Waals surface area (Å²) in [5.74, 6) is 1.00. The Labute approximate surface area is 111 Å². The number of nitrogens with zero attached hydrogens (tertiary/aromatic N) is 2. The Morgan fingerprint density at radius 3 is 2.94 bits per heavy atom. The summed E-state index contributed by atoms with van der Waals surface area (Å²) in [5, 5.41) is 3.15. The van der Waals surface area contributed by atoms with Gasteiger partial charge >= 0.3 is 0 Å². The van der Waals surface area contributed by atoms with Crippen LogP contribution in [0.25, 0.3) is 0 Å². The highest BCUT2D eigenvalue weighted by Crippen LogP contribution is 2.20. The lowest BCUT2D eigenvalue weighted by Crippen LogP contribution is -2.25. The molecule has 0 aliphatic rings. The van der Waals surface area contributed by atoms with Crippen LogP contribution in [-0.4, -0.2) is 38.8 Å². The summed E-state index contributed by atoms with van der Waals surface area (Å²) in [5.41, 5.74) is 1.18. The molecule has 96 valence electrons. The first kappa shape index (κ1) is 14.4. The van der Waals surface area contributed by atoms with E-state index in [4.69, 9.17) is 4.74 Å². The standard InChI is InChI=1S/C12H20BrN3O/c1-4-17-6-5-16(3)12-10(8-14-2)7-11(13)9-15-12/h7,9,14H,4-6,8H2,1-3H3. The van der Waals surface area contributed by atoms with Crippen LogP contribution in [0.1, 0.15) is 12.5 Å². The second kappa shape index (κ2) is 7.63. The van der Waals surface area contributed by atoms with E-state index in [0.717, 1.165) is 36.6 Å². The Hall–Kier alpha value is -0.650. The molecule has 1 N–H and O–H groups in total. The zero-order chi connectivity index (χ0) is 12.7. The highest BCUT2D eigenvalue weighted by Gasteiger charge is 2.09. The van der Waals surface area contributed by atoms with Gasteiger partial charge in [-0.15, -0.1) is 0 Å². The molecule has 4 nitrogen and oxygen atoms in total. The molecule has 5 heteroatoms. The maximum atomic E-state index is 5.35. The van der Waals surface area contributed by atoms with Crippen LogP contribution in [0.2, 0.25) is 0 Å². The summed E-state index contributed by atoms with van der Waals surface area (Å²) in [6, 6.07) is 2.09. The number of halogens is 1. The van der Waals surface area contributed by atoms with Crippen molar-refractivity contribution in [3.63, 3.8) is 0 Å². The number of hydrogen-bond donors (Lipinski definition) is 1. The highest BCUT2D eigenvalue weighted by atomic mass is 79.9. The van der Waals surface area contributed by atoms with E-state index in [0.29, 0.717) is 0 Å². The van der Waals surface area contributed by atoms with Crippen LogP contribution in [0.3, 0.4) is 0 Å². The molecule has 1 rings (SSSR count). The van der Waals surface area contributed by atoms with Gasteiger partial charge in [-0.25, -0.2) is 4.98 Å². The summed E-state index contributed by atoms with van der Waals surface area (Å²) in [6.45, 7) is 5.14. The topological polar surface area (TPSA) is 37.4 Å². The van der Waals surface area contributed by atoms with E-state index in [1.807, 2.05) is 27.2 Å². The Morgan fingerprint density at radius 2 is 2.29 bits per heavy atom. The van der Waals surface area contributed by atoms with Gasteiger partial charge in [-0.3, -0.25) is 0 Å². The predicted molar refractivity (Wildman–Crippen MR) is 74.5 cm³/mol. The summed E-state index contributed by atoms with van der Waals surface area (Å²) >= 11 is 3.45. The highest BCUT2D eigenvalue weighted by molar-refractivity contribution is 9.10. The van der Waals surface area contributed by atoms with E-state index in [-0.39, 0.29) is 0 Å². The molecule has 0 atom stereocenters. The number of aromatic nitrogens is 1. The Bertz CT molecular complexity index is 347. The monoisotopic (exact) mass is 301 g/mol. The molecule has 0 aliphatic heterocycles. The molecule has 0 saturated heterocycles. The Morgan fingerprint density at radius 1 is 1.53 bits per heavy atom. The van der Waals surface area contributed by atoms with Gasteiger partial charge in [0.25, 0.3) is 0 Å². The minimum absolute atomic E-state index is 0.726. The minimum Gasteiger partial charge on any atom is -0.380 e.